The highest BCUT2D eigenvalue weighted by molar-refractivity contribution is 6.08. The zero-order valence-electron chi connectivity index (χ0n) is 15.5. The van der Waals surface area contributed by atoms with E-state index in [1.54, 1.807) is 13.0 Å². The van der Waals surface area contributed by atoms with Gasteiger partial charge in [0.05, 0.1) is 10.9 Å². The molecule has 6 heteroatoms. The first-order chi connectivity index (χ1) is 12.7. The van der Waals surface area contributed by atoms with Gasteiger partial charge in [-0.2, -0.15) is 4.39 Å². The number of ether oxygens (including phenoxy) is 1. The molecule has 1 aromatic carbocycles. The summed E-state index contributed by atoms with van der Waals surface area (Å²) in [5, 5.41) is 0.384. The lowest BCUT2D eigenvalue weighted by atomic mass is 9.94. The summed E-state index contributed by atoms with van der Waals surface area (Å²) >= 11 is 0. The van der Waals surface area contributed by atoms with E-state index in [0.717, 1.165) is 0 Å². The lowest BCUT2D eigenvalue weighted by Gasteiger charge is -2.29. The number of rotatable bonds is 2. The summed E-state index contributed by atoms with van der Waals surface area (Å²) in [6, 6.07) is 1.31. The number of aryl methyl sites for hydroxylation is 2. The van der Waals surface area contributed by atoms with Crippen LogP contribution in [0.5, 0.6) is 5.75 Å². The molecule has 27 heavy (non-hydrogen) atoms. The molecule has 0 fully saturated rings. The predicted octanol–water partition coefficient (Wildman–Crippen LogP) is 4.18. The average molecular weight is 369 g/mol. The Morgan fingerprint density at radius 3 is 2.59 bits per heavy atom. The van der Waals surface area contributed by atoms with Crippen molar-refractivity contribution in [3.63, 3.8) is 0 Å². The van der Waals surface area contributed by atoms with E-state index in [9.17, 15) is 14.0 Å². The fourth-order valence-corrected chi connectivity index (χ4v) is 3.46. The first-order valence-electron chi connectivity index (χ1n) is 8.79. The van der Waals surface area contributed by atoms with E-state index < -0.39 is 17.0 Å². The third kappa shape index (κ3) is 2.59. The Balaban J connectivity index is 2.35. The minimum absolute atomic E-state index is 0.00755. The van der Waals surface area contributed by atoms with Crippen molar-refractivity contribution in [2.75, 3.05) is 0 Å². The first-order valence-corrected chi connectivity index (χ1v) is 8.79. The van der Waals surface area contributed by atoms with E-state index in [0.29, 0.717) is 35.3 Å². The molecule has 4 rings (SSSR count). The Hall–Kier alpha value is -2.89. The fraction of sp³-hybridized carbons (Fsp3) is 0.333. The van der Waals surface area contributed by atoms with Gasteiger partial charge in [0.1, 0.15) is 22.5 Å². The molecular weight excluding hydrogens is 351 g/mol. The van der Waals surface area contributed by atoms with Gasteiger partial charge >= 0.3 is 5.63 Å². The number of benzene rings is 1. The van der Waals surface area contributed by atoms with Crippen LogP contribution in [-0.2, 0) is 6.42 Å². The number of hydrogen-bond donors (Lipinski definition) is 0. The molecule has 0 aliphatic carbocycles. The third-order valence-electron chi connectivity index (χ3n) is 4.58. The molecule has 0 bridgehead atoms. The molecule has 0 N–H and O–H groups in total. The van der Waals surface area contributed by atoms with Crippen LogP contribution in [0.4, 0.5) is 4.39 Å². The smallest absolute Gasteiger partial charge is 0.372 e. The SMILES string of the molecule is CCCc1c(F)c(=O)oc2c1c1c(c3oc(C)cc(=O)c32)[C]=CC(C)(C)O1. The van der Waals surface area contributed by atoms with Crippen LogP contribution in [0.3, 0.4) is 0 Å². The maximum Gasteiger partial charge on any atom is 0.372 e. The Morgan fingerprint density at radius 2 is 1.89 bits per heavy atom. The van der Waals surface area contributed by atoms with Crippen molar-refractivity contribution < 1.29 is 18.0 Å². The van der Waals surface area contributed by atoms with Crippen molar-refractivity contribution in [3.8, 4) is 5.75 Å². The van der Waals surface area contributed by atoms with Gasteiger partial charge in [0.25, 0.3) is 0 Å². The topological polar surface area (TPSA) is 69.7 Å². The zero-order valence-corrected chi connectivity index (χ0v) is 15.5. The lowest BCUT2D eigenvalue weighted by Crippen LogP contribution is -2.28. The van der Waals surface area contributed by atoms with Crippen LogP contribution in [-0.4, -0.2) is 5.60 Å². The van der Waals surface area contributed by atoms with Gasteiger partial charge in [0, 0.05) is 11.6 Å². The second kappa shape index (κ2) is 5.81. The molecule has 0 unspecified atom stereocenters. The van der Waals surface area contributed by atoms with Crippen LogP contribution < -0.4 is 15.8 Å². The van der Waals surface area contributed by atoms with Crippen molar-refractivity contribution in [2.24, 2.45) is 0 Å². The molecule has 3 aromatic rings. The van der Waals surface area contributed by atoms with Crippen molar-refractivity contribution >= 4 is 21.9 Å². The van der Waals surface area contributed by atoms with Crippen LogP contribution in [0, 0.1) is 18.8 Å². The monoisotopic (exact) mass is 369 g/mol. The van der Waals surface area contributed by atoms with Crippen molar-refractivity contribution in [1.82, 2.24) is 0 Å². The Kier molecular flexibility index (Phi) is 3.77. The van der Waals surface area contributed by atoms with Crippen LogP contribution >= 0.6 is 0 Å². The predicted molar refractivity (Wildman–Crippen MR) is 98.8 cm³/mol. The molecule has 0 saturated carbocycles. The van der Waals surface area contributed by atoms with E-state index in [1.807, 2.05) is 20.8 Å². The average Bonchev–Trinajstić information content (AvgIpc) is 2.57. The van der Waals surface area contributed by atoms with Gasteiger partial charge in [-0.3, -0.25) is 4.79 Å². The highest BCUT2D eigenvalue weighted by atomic mass is 19.1. The Bertz CT molecular complexity index is 1240. The van der Waals surface area contributed by atoms with E-state index in [1.165, 1.54) is 6.07 Å². The van der Waals surface area contributed by atoms with Gasteiger partial charge < -0.3 is 13.6 Å². The number of halogens is 1. The van der Waals surface area contributed by atoms with Gasteiger partial charge in [0.2, 0.25) is 5.82 Å². The van der Waals surface area contributed by atoms with Gasteiger partial charge in [0.15, 0.2) is 16.6 Å². The molecule has 0 atom stereocenters. The van der Waals surface area contributed by atoms with Crippen molar-refractivity contribution in [3.05, 3.63) is 61.6 Å². The van der Waals surface area contributed by atoms with Gasteiger partial charge in [-0.1, -0.05) is 13.3 Å². The van der Waals surface area contributed by atoms with Gasteiger partial charge in [-0.05, 0) is 39.3 Å². The van der Waals surface area contributed by atoms with E-state index >= 15 is 0 Å². The van der Waals surface area contributed by atoms with Crippen LogP contribution in [0.1, 0.15) is 44.1 Å². The molecule has 5 nitrogen and oxygen atoms in total. The summed E-state index contributed by atoms with van der Waals surface area (Å²) in [5.74, 6) is -0.248. The van der Waals surface area contributed by atoms with Gasteiger partial charge in [-0.25, -0.2) is 4.79 Å². The minimum atomic E-state index is -1.11. The van der Waals surface area contributed by atoms with Crippen LogP contribution in [0.25, 0.3) is 21.9 Å². The molecule has 1 radical (unpaired) electrons. The summed E-state index contributed by atoms with van der Waals surface area (Å²) in [6.45, 7) is 7.20. The summed E-state index contributed by atoms with van der Waals surface area (Å²) in [5.41, 5.74) is -1.37. The third-order valence-corrected chi connectivity index (χ3v) is 4.58. The number of fused-ring (bicyclic) bond motifs is 6. The first kappa shape index (κ1) is 17.5. The molecule has 2 aromatic heterocycles. The van der Waals surface area contributed by atoms with E-state index in [-0.39, 0.29) is 27.5 Å². The van der Waals surface area contributed by atoms with Gasteiger partial charge in [-0.15, -0.1) is 0 Å². The molecule has 1 aliphatic heterocycles. The summed E-state index contributed by atoms with van der Waals surface area (Å²) < 4.78 is 31.8. The van der Waals surface area contributed by atoms with Crippen LogP contribution in [0.15, 0.2) is 30.6 Å². The maximum absolute atomic E-state index is 14.7. The zero-order chi connectivity index (χ0) is 19.5. The van der Waals surface area contributed by atoms with Crippen LogP contribution in [0.2, 0.25) is 0 Å². The summed E-state index contributed by atoms with van der Waals surface area (Å²) in [4.78, 5) is 24.8. The molecule has 0 saturated heterocycles. The summed E-state index contributed by atoms with van der Waals surface area (Å²) in [7, 11) is 0. The number of hydrogen-bond acceptors (Lipinski definition) is 5. The highest BCUT2D eigenvalue weighted by Crippen LogP contribution is 2.43. The largest absolute Gasteiger partial charge is 0.482 e. The Labute approximate surface area is 154 Å². The van der Waals surface area contributed by atoms with E-state index in [4.69, 9.17) is 13.6 Å². The second-order valence-corrected chi connectivity index (χ2v) is 7.26. The normalized spacial score (nSPS) is 15.1. The highest BCUT2D eigenvalue weighted by Gasteiger charge is 2.31. The fourth-order valence-electron chi connectivity index (χ4n) is 3.46. The standard InChI is InChI=1S/C21H18FO5/c1-5-6-11-14-18-12(7-8-21(3,4)27-18)17-15(13(23)9-10(2)25-17)19(14)26-20(24)16(11)22/h8-9H,5-6H2,1-4H3. The van der Waals surface area contributed by atoms with E-state index in [2.05, 4.69) is 6.08 Å². The quantitative estimate of drug-likeness (QED) is 0.501. The van der Waals surface area contributed by atoms with Crippen molar-refractivity contribution in [2.45, 2.75) is 46.1 Å². The molecule has 0 spiro atoms. The molecule has 1 aliphatic rings. The Morgan fingerprint density at radius 1 is 1.15 bits per heavy atom. The molecule has 139 valence electrons. The molecular formula is C21H18FO5. The molecule has 0 amide bonds. The minimum Gasteiger partial charge on any atom is -0.482 e. The second-order valence-electron chi connectivity index (χ2n) is 7.26. The van der Waals surface area contributed by atoms with Crippen molar-refractivity contribution in [1.29, 1.82) is 0 Å². The maximum atomic E-state index is 14.7. The lowest BCUT2D eigenvalue weighted by molar-refractivity contribution is 0.158. The summed E-state index contributed by atoms with van der Waals surface area (Å²) in [6.07, 6.45) is 5.75. The molecule has 3 heterocycles.